The molecule has 0 unspecified atom stereocenters. The molecule has 1 aromatic carbocycles. The first-order chi connectivity index (χ1) is 14.1. The maximum absolute atomic E-state index is 13.5. The van der Waals surface area contributed by atoms with Crippen molar-refractivity contribution in [2.24, 2.45) is 5.92 Å². The summed E-state index contributed by atoms with van der Waals surface area (Å²) in [5.74, 6) is 1.48. The number of H-pyrrole nitrogens is 1. The van der Waals surface area contributed by atoms with Crippen LogP contribution >= 0.6 is 0 Å². The summed E-state index contributed by atoms with van der Waals surface area (Å²) in [6, 6.07) is 10.2. The molecule has 152 valence electrons. The number of aromatic nitrogens is 1. The predicted octanol–water partition coefficient (Wildman–Crippen LogP) is 2.39. The van der Waals surface area contributed by atoms with Gasteiger partial charge in [-0.15, -0.1) is 0 Å². The van der Waals surface area contributed by atoms with E-state index in [-0.39, 0.29) is 28.9 Å². The van der Waals surface area contributed by atoms with Crippen molar-refractivity contribution in [1.82, 2.24) is 14.8 Å². The van der Waals surface area contributed by atoms with E-state index in [4.69, 9.17) is 4.74 Å². The van der Waals surface area contributed by atoms with Gasteiger partial charge >= 0.3 is 0 Å². The number of aromatic amines is 1. The third-order valence-electron chi connectivity index (χ3n) is 7.09. The van der Waals surface area contributed by atoms with Gasteiger partial charge in [0.25, 0.3) is 5.91 Å². The fourth-order valence-corrected chi connectivity index (χ4v) is 5.69. The van der Waals surface area contributed by atoms with E-state index in [2.05, 4.69) is 22.0 Å². The van der Waals surface area contributed by atoms with Gasteiger partial charge in [-0.25, -0.2) is 0 Å². The minimum Gasteiger partial charge on any atom is -0.497 e. The molecule has 2 bridgehead atoms. The number of fused-ring (bicyclic) bond motifs is 2. The number of hydrogen-bond acceptors (Lipinski definition) is 4. The Morgan fingerprint density at radius 3 is 2.52 bits per heavy atom. The van der Waals surface area contributed by atoms with E-state index in [0.29, 0.717) is 18.5 Å². The zero-order valence-electron chi connectivity index (χ0n) is 16.9. The lowest BCUT2D eigenvalue weighted by Crippen LogP contribution is -2.60. The predicted molar refractivity (Wildman–Crippen MR) is 110 cm³/mol. The van der Waals surface area contributed by atoms with Gasteiger partial charge in [0.05, 0.1) is 13.2 Å². The van der Waals surface area contributed by atoms with E-state index in [9.17, 15) is 9.59 Å². The normalized spacial score (nSPS) is 30.3. The van der Waals surface area contributed by atoms with Gasteiger partial charge in [-0.2, -0.15) is 0 Å². The molecular weight excluding hydrogens is 366 g/mol. The van der Waals surface area contributed by atoms with Crippen LogP contribution in [0.5, 0.6) is 5.75 Å². The smallest absolute Gasteiger partial charge is 0.259 e. The quantitative estimate of drug-likeness (QED) is 0.870. The molecule has 6 nitrogen and oxygen atoms in total. The first-order valence-electron chi connectivity index (χ1n) is 10.4. The van der Waals surface area contributed by atoms with Gasteiger partial charge in [0, 0.05) is 36.5 Å². The van der Waals surface area contributed by atoms with Crippen LogP contribution in [0.3, 0.4) is 0 Å². The third kappa shape index (κ3) is 2.97. The summed E-state index contributed by atoms with van der Waals surface area (Å²) in [7, 11) is 1.67. The molecule has 0 spiro atoms. The summed E-state index contributed by atoms with van der Waals surface area (Å²) in [5, 5.41) is 0. The second-order valence-corrected chi connectivity index (χ2v) is 8.59. The molecule has 6 rings (SSSR count). The summed E-state index contributed by atoms with van der Waals surface area (Å²) in [4.78, 5) is 33.5. The number of rotatable bonds is 3. The molecule has 0 radical (unpaired) electrons. The molecular formula is C23H27N3O3. The number of ether oxygens (including phenoxy) is 1. The molecule has 1 N–H and O–H groups in total. The Kier molecular flexibility index (Phi) is 4.46. The summed E-state index contributed by atoms with van der Waals surface area (Å²) in [6.45, 7) is 4.69. The van der Waals surface area contributed by atoms with E-state index in [1.807, 2.05) is 24.0 Å². The lowest BCUT2D eigenvalue weighted by atomic mass is 9.75. The molecule has 0 saturated carbocycles. The van der Waals surface area contributed by atoms with Crippen LogP contribution in [-0.2, 0) is 0 Å². The van der Waals surface area contributed by atoms with E-state index >= 15 is 0 Å². The zero-order valence-corrected chi connectivity index (χ0v) is 16.9. The zero-order chi connectivity index (χ0) is 20.1. The molecule has 1 amide bonds. The lowest BCUT2D eigenvalue weighted by molar-refractivity contribution is -0.00345. The summed E-state index contributed by atoms with van der Waals surface area (Å²) in [6.07, 6.45) is 3.84. The van der Waals surface area contributed by atoms with Crippen molar-refractivity contribution in [1.29, 1.82) is 0 Å². The number of hydrogen-bond donors (Lipinski definition) is 1. The first-order valence-corrected chi connectivity index (χ1v) is 10.4. The second-order valence-electron chi connectivity index (χ2n) is 8.59. The monoisotopic (exact) mass is 393 g/mol. The Labute approximate surface area is 170 Å². The molecule has 4 fully saturated rings. The van der Waals surface area contributed by atoms with Crippen molar-refractivity contribution < 1.29 is 9.53 Å². The maximum Gasteiger partial charge on any atom is 0.259 e. The Morgan fingerprint density at radius 2 is 1.86 bits per heavy atom. The van der Waals surface area contributed by atoms with Gasteiger partial charge in [-0.1, -0.05) is 12.1 Å². The number of methoxy groups -OCH3 is 1. The minimum atomic E-state index is -0.197. The van der Waals surface area contributed by atoms with Crippen LogP contribution in [-0.4, -0.2) is 59.5 Å². The van der Waals surface area contributed by atoms with Crippen LogP contribution in [0.25, 0.3) is 0 Å². The Hall–Kier alpha value is -2.60. The molecule has 6 heteroatoms. The largest absolute Gasteiger partial charge is 0.497 e. The van der Waals surface area contributed by atoms with Gasteiger partial charge in [-0.05, 0) is 56.5 Å². The molecule has 0 aliphatic carbocycles. The molecule has 5 heterocycles. The summed E-state index contributed by atoms with van der Waals surface area (Å²) >= 11 is 0. The van der Waals surface area contributed by atoms with Crippen LogP contribution < -0.4 is 10.2 Å². The lowest BCUT2D eigenvalue weighted by Gasteiger charge is -2.51. The van der Waals surface area contributed by atoms with Crippen molar-refractivity contribution in [2.45, 2.75) is 37.8 Å². The fraction of sp³-hybridized carbons (Fsp3) is 0.478. The topological polar surface area (TPSA) is 65.6 Å². The SMILES string of the molecule is COc1ccc([C@@H]2CN(C(=O)c3c[nH]c(C)cc3=O)[C@@H]3C4CCN(CC4)[C@@H]32)cc1. The number of carbonyl (C=O) groups excluding carboxylic acids is 1. The highest BCUT2D eigenvalue weighted by atomic mass is 16.5. The number of pyridine rings is 1. The molecule has 3 atom stereocenters. The number of amides is 1. The minimum absolute atomic E-state index is 0.133. The molecule has 4 saturated heterocycles. The van der Waals surface area contributed by atoms with Crippen molar-refractivity contribution >= 4 is 5.91 Å². The average Bonchev–Trinajstić information content (AvgIpc) is 3.17. The van der Waals surface area contributed by atoms with E-state index in [0.717, 1.165) is 37.4 Å². The fourth-order valence-electron chi connectivity index (χ4n) is 5.69. The van der Waals surface area contributed by atoms with Crippen molar-refractivity contribution in [3.63, 3.8) is 0 Å². The Morgan fingerprint density at radius 1 is 1.14 bits per heavy atom. The number of carbonyl (C=O) groups is 1. The number of piperidine rings is 3. The number of benzene rings is 1. The standard InChI is InChI=1S/C23H27N3O3/c1-14-11-20(27)18(12-24-14)23(28)26-13-19(15-3-5-17(29-2)6-4-15)22-21(26)16-7-9-25(22)10-8-16/h3-6,11-12,16,19,21-22H,7-10,13H2,1-2H3,(H,24,27)/t19-,21+,22+/m0/s1. The molecule has 2 aromatic rings. The highest BCUT2D eigenvalue weighted by molar-refractivity contribution is 5.94. The number of aryl methyl sites for hydroxylation is 1. The van der Waals surface area contributed by atoms with Gasteiger partial charge in [-0.3, -0.25) is 14.5 Å². The Balaban J connectivity index is 1.52. The third-order valence-corrected chi connectivity index (χ3v) is 7.09. The van der Waals surface area contributed by atoms with Crippen LogP contribution in [0.2, 0.25) is 0 Å². The first kappa shape index (κ1) is 18.4. The molecule has 4 aliphatic rings. The number of nitrogens with one attached hydrogen (secondary N) is 1. The Bertz CT molecular complexity index is 976. The molecule has 29 heavy (non-hydrogen) atoms. The van der Waals surface area contributed by atoms with E-state index < -0.39 is 0 Å². The number of nitrogens with zero attached hydrogens (tertiary/aromatic N) is 2. The van der Waals surface area contributed by atoms with Crippen molar-refractivity contribution in [3.05, 3.63) is 63.6 Å². The molecule has 4 aliphatic heterocycles. The van der Waals surface area contributed by atoms with Crippen molar-refractivity contribution in [2.75, 3.05) is 26.7 Å². The summed E-state index contributed by atoms with van der Waals surface area (Å²) < 4.78 is 5.31. The van der Waals surface area contributed by atoms with E-state index in [1.165, 1.54) is 11.6 Å². The average molecular weight is 393 g/mol. The maximum atomic E-state index is 13.5. The van der Waals surface area contributed by atoms with Crippen LogP contribution in [0.1, 0.15) is 40.4 Å². The van der Waals surface area contributed by atoms with Crippen LogP contribution in [0.15, 0.2) is 41.3 Å². The highest BCUT2D eigenvalue weighted by Gasteiger charge is 2.54. The second kappa shape index (κ2) is 7.02. The van der Waals surface area contributed by atoms with Crippen LogP contribution in [0.4, 0.5) is 0 Å². The summed E-state index contributed by atoms with van der Waals surface area (Å²) in [5.41, 5.74) is 2.06. The molecule has 1 aromatic heterocycles. The number of likely N-dealkylation sites (tertiary alicyclic amines) is 1. The highest BCUT2D eigenvalue weighted by Crippen LogP contribution is 2.47. The van der Waals surface area contributed by atoms with Gasteiger partial charge in [0.15, 0.2) is 5.43 Å². The van der Waals surface area contributed by atoms with Crippen LogP contribution in [0, 0.1) is 12.8 Å². The van der Waals surface area contributed by atoms with E-state index in [1.54, 1.807) is 13.3 Å². The van der Waals surface area contributed by atoms with Gasteiger partial charge in [0.1, 0.15) is 11.3 Å². The van der Waals surface area contributed by atoms with Crippen molar-refractivity contribution in [3.8, 4) is 5.75 Å². The van der Waals surface area contributed by atoms with Gasteiger partial charge < -0.3 is 14.6 Å². The van der Waals surface area contributed by atoms with Gasteiger partial charge in [0.2, 0.25) is 0 Å².